The molecule has 1 amide bonds. The van der Waals surface area contributed by atoms with Crippen molar-refractivity contribution in [1.82, 2.24) is 4.90 Å². The second kappa shape index (κ2) is 8.93. The number of carbonyl (C=O) groups excluding carboxylic acids is 1. The number of methoxy groups -OCH3 is 2. The Morgan fingerprint density at radius 2 is 1.86 bits per heavy atom. The van der Waals surface area contributed by atoms with Crippen molar-refractivity contribution in [2.24, 2.45) is 5.73 Å². The van der Waals surface area contributed by atoms with Gasteiger partial charge in [0, 0.05) is 33.9 Å². The van der Waals surface area contributed by atoms with Crippen LogP contribution in [0.4, 0.5) is 0 Å². The molecule has 0 spiro atoms. The summed E-state index contributed by atoms with van der Waals surface area (Å²) in [6, 6.07) is 0. The Morgan fingerprint density at radius 1 is 1.21 bits per heavy atom. The highest BCUT2D eigenvalue weighted by Gasteiger charge is 2.06. The lowest BCUT2D eigenvalue weighted by Crippen LogP contribution is -2.36. The van der Waals surface area contributed by atoms with Crippen LogP contribution < -0.4 is 5.73 Å². The molecule has 0 unspecified atom stereocenters. The summed E-state index contributed by atoms with van der Waals surface area (Å²) in [6.07, 6.45) is 0.896. The van der Waals surface area contributed by atoms with Crippen LogP contribution >= 0.6 is 0 Å². The Balaban J connectivity index is 3.66. The minimum Gasteiger partial charge on any atom is -0.385 e. The predicted molar refractivity (Wildman–Crippen MR) is 54.0 cm³/mol. The number of nitrogens with zero attached hydrogens (tertiary/aromatic N) is 1. The molecule has 0 heterocycles. The van der Waals surface area contributed by atoms with Gasteiger partial charge >= 0.3 is 0 Å². The monoisotopic (exact) mass is 204 g/mol. The molecule has 2 N–H and O–H groups in total. The van der Waals surface area contributed by atoms with E-state index in [0.29, 0.717) is 13.2 Å². The Bertz CT molecular complexity index is 153. The van der Waals surface area contributed by atoms with Gasteiger partial charge in [0.2, 0.25) is 5.91 Å². The fourth-order valence-electron chi connectivity index (χ4n) is 1.14. The molecule has 0 rings (SSSR count). The highest BCUT2D eigenvalue weighted by molar-refractivity contribution is 5.75. The maximum Gasteiger partial charge on any atom is 0.231 e. The summed E-state index contributed by atoms with van der Waals surface area (Å²) in [5.74, 6) is -0.307. The number of nitrogens with two attached hydrogens (primary N) is 1. The molecule has 0 saturated heterocycles. The largest absolute Gasteiger partial charge is 0.385 e. The summed E-state index contributed by atoms with van der Waals surface area (Å²) in [5.41, 5.74) is 5.12. The van der Waals surface area contributed by atoms with E-state index in [1.807, 2.05) is 4.90 Å². The van der Waals surface area contributed by atoms with E-state index in [9.17, 15) is 4.79 Å². The van der Waals surface area contributed by atoms with Crippen molar-refractivity contribution in [3.05, 3.63) is 0 Å². The summed E-state index contributed by atoms with van der Waals surface area (Å²) in [4.78, 5) is 12.7. The number of ether oxygens (including phenoxy) is 2. The maximum atomic E-state index is 10.7. The Morgan fingerprint density at radius 3 is 2.36 bits per heavy atom. The smallest absolute Gasteiger partial charge is 0.231 e. The molecule has 0 aromatic carbocycles. The minimum atomic E-state index is -0.307. The molecule has 0 aliphatic carbocycles. The second-order valence-electron chi connectivity index (χ2n) is 3.08. The van der Waals surface area contributed by atoms with Gasteiger partial charge in [-0.25, -0.2) is 0 Å². The van der Waals surface area contributed by atoms with Crippen LogP contribution in [0.25, 0.3) is 0 Å². The lowest BCUT2D eigenvalue weighted by atomic mass is 10.3. The fourth-order valence-corrected chi connectivity index (χ4v) is 1.14. The van der Waals surface area contributed by atoms with Gasteiger partial charge in [-0.3, -0.25) is 9.69 Å². The SMILES string of the molecule is COCCCN(CCOC)CC(N)=O. The van der Waals surface area contributed by atoms with E-state index in [-0.39, 0.29) is 12.5 Å². The molecule has 5 heteroatoms. The van der Waals surface area contributed by atoms with Gasteiger partial charge in [0.05, 0.1) is 13.2 Å². The highest BCUT2D eigenvalue weighted by Crippen LogP contribution is 1.92. The molecule has 0 fully saturated rings. The van der Waals surface area contributed by atoms with Gasteiger partial charge < -0.3 is 15.2 Å². The summed E-state index contributed by atoms with van der Waals surface area (Å²) in [7, 11) is 3.30. The van der Waals surface area contributed by atoms with Crippen molar-refractivity contribution in [2.45, 2.75) is 6.42 Å². The summed E-state index contributed by atoms with van der Waals surface area (Å²) < 4.78 is 9.86. The summed E-state index contributed by atoms with van der Waals surface area (Å²) in [5, 5.41) is 0. The van der Waals surface area contributed by atoms with Gasteiger partial charge in [0.25, 0.3) is 0 Å². The molecule has 0 aliphatic rings. The zero-order valence-corrected chi connectivity index (χ0v) is 8.99. The minimum absolute atomic E-state index is 0.285. The number of hydrogen-bond donors (Lipinski definition) is 1. The van der Waals surface area contributed by atoms with Crippen LogP contribution in [0.15, 0.2) is 0 Å². The third-order valence-electron chi connectivity index (χ3n) is 1.81. The number of primary amides is 1. The Kier molecular flexibility index (Phi) is 8.51. The van der Waals surface area contributed by atoms with E-state index in [1.54, 1.807) is 14.2 Å². The first-order valence-corrected chi connectivity index (χ1v) is 4.69. The average Bonchev–Trinajstić information content (AvgIpc) is 2.13. The topological polar surface area (TPSA) is 64.8 Å². The highest BCUT2D eigenvalue weighted by atomic mass is 16.5. The van der Waals surface area contributed by atoms with Gasteiger partial charge in [0.15, 0.2) is 0 Å². The van der Waals surface area contributed by atoms with Gasteiger partial charge in [-0.2, -0.15) is 0 Å². The van der Waals surface area contributed by atoms with E-state index >= 15 is 0 Å². The third-order valence-corrected chi connectivity index (χ3v) is 1.81. The Hall–Kier alpha value is -0.650. The van der Waals surface area contributed by atoms with Crippen LogP contribution in [-0.4, -0.2) is 57.9 Å². The zero-order chi connectivity index (χ0) is 10.8. The van der Waals surface area contributed by atoms with E-state index in [4.69, 9.17) is 15.2 Å². The molecule has 0 bridgehead atoms. The van der Waals surface area contributed by atoms with Gasteiger partial charge in [-0.05, 0) is 6.42 Å². The molecule has 5 nitrogen and oxygen atoms in total. The normalized spacial score (nSPS) is 10.8. The lowest BCUT2D eigenvalue weighted by molar-refractivity contribution is -0.119. The molecule has 0 saturated carbocycles. The van der Waals surface area contributed by atoms with E-state index in [0.717, 1.165) is 19.5 Å². The van der Waals surface area contributed by atoms with Crippen molar-refractivity contribution >= 4 is 5.91 Å². The molecule has 14 heavy (non-hydrogen) atoms. The van der Waals surface area contributed by atoms with Crippen molar-refractivity contribution in [1.29, 1.82) is 0 Å². The standard InChI is InChI=1S/C9H20N2O3/c1-13-6-3-4-11(5-7-14-2)8-9(10)12/h3-8H2,1-2H3,(H2,10,12). The van der Waals surface area contributed by atoms with Crippen LogP contribution in [0.2, 0.25) is 0 Å². The van der Waals surface area contributed by atoms with Gasteiger partial charge in [-0.15, -0.1) is 0 Å². The van der Waals surface area contributed by atoms with Crippen molar-refractivity contribution < 1.29 is 14.3 Å². The van der Waals surface area contributed by atoms with E-state index < -0.39 is 0 Å². The molecular weight excluding hydrogens is 184 g/mol. The molecule has 0 aromatic heterocycles. The molecule has 0 aromatic rings. The quantitative estimate of drug-likeness (QED) is 0.512. The van der Waals surface area contributed by atoms with E-state index in [1.165, 1.54) is 0 Å². The maximum absolute atomic E-state index is 10.7. The molecular formula is C9H20N2O3. The van der Waals surface area contributed by atoms with Gasteiger partial charge in [0.1, 0.15) is 0 Å². The number of hydrogen-bond acceptors (Lipinski definition) is 4. The summed E-state index contributed by atoms with van der Waals surface area (Å²) in [6.45, 7) is 3.12. The number of amides is 1. The third kappa shape index (κ3) is 7.97. The van der Waals surface area contributed by atoms with Crippen molar-refractivity contribution in [3.63, 3.8) is 0 Å². The first kappa shape index (κ1) is 13.4. The van der Waals surface area contributed by atoms with Crippen molar-refractivity contribution in [3.8, 4) is 0 Å². The predicted octanol–water partition coefficient (Wildman–Crippen LogP) is -0.543. The average molecular weight is 204 g/mol. The molecule has 0 aliphatic heterocycles. The van der Waals surface area contributed by atoms with Crippen LogP contribution in [-0.2, 0) is 14.3 Å². The van der Waals surface area contributed by atoms with Crippen LogP contribution in [0.3, 0.4) is 0 Å². The molecule has 84 valence electrons. The first-order chi connectivity index (χ1) is 6.70. The second-order valence-corrected chi connectivity index (χ2v) is 3.08. The number of carbonyl (C=O) groups is 1. The van der Waals surface area contributed by atoms with Crippen molar-refractivity contribution in [2.75, 3.05) is 47.1 Å². The van der Waals surface area contributed by atoms with Crippen LogP contribution in [0, 0.1) is 0 Å². The number of rotatable bonds is 9. The zero-order valence-electron chi connectivity index (χ0n) is 8.99. The van der Waals surface area contributed by atoms with E-state index in [2.05, 4.69) is 0 Å². The van der Waals surface area contributed by atoms with Crippen LogP contribution in [0.5, 0.6) is 0 Å². The molecule has 0 radical (unpaired) electrons. The van der Waals surface area contributed by atoms with Crippen LogP contribution in [0.1, 0.15) is 6.42 Å². The first-order valence-electron chi connectivity index (χ1n) is 4.69. The molecule has 0 atom stereocenters. The summed E-state index contributed by atoms with van der Waals surface area (Å²) >= 11 is 0. The Labute approximate surface area is 85.1 Å². The van der Waals surface area contributed by atoms with Gasteiger partial charge in [-0.1, -0.05) is 0 Å². The fraction of sp³-hybridized carbons (Fsp3) is 0.889. The lowest BCUT2D eigenvalue weighted by Gasteiger charge is -2.19.